The van der Waals surface area contributed by atoms with Gasteiger partial charge in [0.05, 0.1) is 12.6 Å². The molecule has 0 aliphatic carbocycles. The fraction of sp³-hybridized carbons (Fsp3) is 0.452. The van der Waals surface area contributed by atoms with Crippen molar-refractivity contribution >= 4 is 29.5 Å². The molecule has 4 atom stereocenters. The SMILES string of the molecule is CC(C)CC(NC(=O)C1CCCN1C(=O)C(Cc1ccc(O)cc1)NC(=O)C(N)Cc1ccc(O)cc1)C(=O)NCC(N)=O. The summed E-state index contributed by atoms with van der Waals surface area (Å²) in [5.41, 5.74) is 12.7. The average molecular weight is 611 g/mol. The summed E-state index contributed by atoms with van der Waals surface area (Å²) in [7, 11) is 0. The maximum atomic E-state index is 13.9. The highest BCUT2D eigenvalue weighted by Gasteiger charge is 2.39. The van der Waals surface area contributed by atoms with Crippen LogP contribution in [-0.2, 0) is 36.8 Å². The number of hydrogen-bond donors (Lipinski definition) is 7. The summed E-state index contributed by atoms with van der Waals surface area (Å²) < 4.78 is 0. The molecule has 0 radical (unpaired) electrons. The molecule has 3 rings (SSSR count). The first-order valence-corrected chi connectivity index (χ1v) is 14.6. The van der Waals surface area contributed by atoms with E-state index in [4.69, 9.17) is 11.5 Å². The van der Waals surface area contributed by atoms with Gasteiger partial charge in [-0.05, 0) is 67.0 Å². The van der Waals surface area contributed by atoms with Gasteiger partial charge in [0.15, 0.2) is 0 Å². The molecule has 1 fully saturated rings. The van der Waals surface area contributed by atoms with E-state index in [-0.39, 0.29) is 43.3 Å². The van der Waals surface area contributed by atoms with Gasteiger partial charge < -0.3 is 42.5 Å². The van der Waals surface area contributed by atoms with Crippen LogP contribution in [0.5, 0.6) is 11.5 Å². The molecule has 13 nitrogen and oxygen atoms in total. The van der Waals surface area contributed by atoms with Gasteiger partial charge >= 0.3 is 0 Å². The highest BCUT2D eigenvalue weighted by molar-refractivity contribution is 5.95. The molecule has 5 amide bonds. The number of nitrogens with one attached hydrogen (secondary N) is 3. The Morgan fingerprint density at radius 1 is 0.864 bits per heavy atom. The fourth-order valence-electron chi connectivity index (χ4n) is 5.10. The van der Waals surface area contributed by atoms with Crippen molar-refractivity contribution in [3.63, 3.8) is 0 Å². The molecule has 0 saturated carbocycles. The Balaban J connectivity index is 1.77. The normalized spacial score (nSPS) is 16.5. The van der Waals surface area contributed by atoms with E-state index >= 15 is 0 Å². The lowest BCUT2D eigenvalue weighted by Crippen LogP contribution is -2.58. The third kappa shape index (κ3) is 9.97. The summed E-state index contributed by atoms with van der Waals surface area (Å²) in [4.78, 5) is 65.8. The minimum atomic E-state index is -1.07. The lowest BCUT2D eigenvalue weighted by molar-refractivity contribution is -0.142. The number of nitrogens with zero attached hydrogens (tertiary/aromatic N) is 1. The van der Waals surface area contributed by atoms with Crippen molar-refractivity contribution in [2.45, 2.75) is 70.1 Å². The largest absolute Gasteiger partial charge is 0.508 e. The predicted molar refractivity (Wildman–Crippen MR) is 162 cm³/mol. The number of amides is 5. The van der Waals surface area contributed by atoms with E-state index in [0.717, 1.165) is 5.56 Å². The van der Waals surface area contributed by atoms with Crippen LogP contribution in [0.15, 0.2) is 48.5 Å². The number of likely N-dealkylation sites (tertiary alicyclic amines) is 1. The van der Waals surface area contributed by atoms with E-state index < -0.39 is 53.7 Å². The van der Waals surface area contributed by atoms with Crippen molar-refractivity contribution in [3.05, 3.63) is 59.7 Å². The zero-order valence-corrected chi connectivity index (χ0v) is 25.0. The number of carbonyl (C=O) groups is 5. The molecule has 1 aliphatic heterocycles. The van der Waals surface area contributed by atoms with Crippen LogP contribution in [0.3, 0.4) is 0 Å². The van der Waals surface area contributed by atoms with Gasteiger partial charge in [0.1, 0.15) is 29.6 Å². The highest BCUT2D eigenvalue weighted by Crippen LogP contribution is 2.21. The van der Waals surface area contributed by atoms with Gasteiger partial charge in [-0.3, -0.25) is 24.0 Å². The fourth-order valence-corrected chi connectivity index (χ4v) is 5.10. The topological polar surface area (TPSA) is 217 Å². The van der Waals surface area contributed by atoms with Crippen LogP contribution in [0.4, 0.5) is 0 Å². The Morgan fingerprint density at radius 2 is 1.43 bits per heavy atom. The number of benzene rings is 2. The Bertz CT molecular complexity index is 1320. The van der Waals surface area contributed by atoms with E-state index in [9.17, 15) is 34.2 Å². The van der Waals surface area contributed by atoms with E-state index in [0.29, 0.717) is 24.8 Å². The minimum Gasteiger partial charge on any atom is -0.508 e. The molecule has 1 heterocycles. The molecule has 9 N–H and O–H groups in total. The molecular formula is C31H42N6O7. The first-order chi connectivity index (χ1) is 20.8. The maximum absolute atomic E-state index is 13.9. The van der Waals surface area contributed by atoms with Gasteiger partial charge in [-0.1, -0.05) is 38.1 Å². The van der Waals surface area contributed by atoms with Gasteiger partial charge in [0.2, 0.25) is 29.5 Å². The van der Waals surface area contributed by atoms with Gasteiger partial charge in [-0.25, -0.2) is 0 Å². The molecule has 238 valence electrons. The van der Waals surface area contributed by atoms with Crippen LogP contribution in [0, 0.1) is 5.92 Å². The van der Waals surface area contributed by atoms with Crippen LogP contribution in [0.25, 0.3) is 0 Å². The zero-order chi connectivity index (χ0) is 32.4. The number of primary amides is 1. The van der Waals surface area contributed by atoms with Crippen molar-refractivity contribution in [3.8, 4) is 11.5 Å². The average Bonchev–Trinajstić information content (AvgIpc) is 3.47. The van der Waals surface area contributed by atoms with Gasteiger partial charge in [0.25, 0.3) is 0 Å². The van der Waals surface area contributed by atoms with Crippen LogP contribution in [0.2, 0.25) is 0 Å². The van der Waals surface area contributed by atoms with Crippen molar-refractivity contribution in [1.82, 2.24) is 20.9 Å². The third-order valence-electron chi connectivity index (χ3n) is 7.33. The van der Waals surface area contributed by atoms with Crippen molar-refractivity contribution < 1.29 is 34.2 Å². The number of aromatic hydroxyl groups is 2. The summed E-state index contributed by atoms with van der Waals surface area (Å²) in [5.74, 6) is -2.68. The number of rotatable bonds is 14. The molecule has 2 aromatic rings. The van der Waals surface area contributed by atoms with Crippen LogP contribution >= 0.6 is 0 Å². The summed E-state index contributed by atoms with van der Waals surface area (Å²) >= 11 is 0. The smallest absolute Gasteiger partial charge is 0.246 e. The van der Waals surface area contributed by atoms with Crippen LogP contribution < -0.4 is 27.4 Å². The first-order valence-electron chi connectivity index (χ1n) is 14.6. The summed E-state index contributed by atoms with van der Waals surface area (Å²) in [6, 6.07) is 8.59. The molecule has 0 bridgehead atoms. The Labute approximate surface area is 256 Å². The van der Waals surface area contributed by atoms with Crippen molar-refractivity contribution in [2.24, 2.45) is 17.4 Å². The van der Waals surface area contributed by atoms with Crippen LogP contribution in [0.1, 0.15) is 44.2 Å². The molecule has 0 spiro atoms. The molecular weight excluding hydrogens is 568 g/mol. The first kappa shape index (κ1) is 33.8. The lowest BCUT2D eigenvalue weighted by Gasteiger charge is -2.30. The van der Waals surface area contributed by atoms with Crippen molar-refractivity contribution in [1.29, 1.82) is 0 Å². The second-order valence-corrected chi connectivity index (χ2v) is 11.5. The Kier molecular flexibility index (Phi) is 12.1. The summed E-state index contributed by atoms with van der Waals surface area (Å²) in [6.45, 7) is 3.66. The number of carbonyl (C=O) groups excluding carboxylic acids is 5. The summed E-state index contributed by atoms with van der Waals surface area (Å²) in [6.07, 6.45) is 1.43. The second-order valence-electron chi connectivity index (χ2n) is 11.5. The molecule has 13 heteroatoms. The zero-order valence-electron chi connectivity index (χ0n) is 25.0. The molecule has 4 unspecified atom stereocenters. The standard InChI is InChI=1S/C31H42N6O7/c1-18(2)14-24(29(42)34-17-27(33)40)35-30(43)26-4-3-13-37(26)31(44)25(16-20-7-11-22(39)12-8-20)36-28(41)23(32)15-19-5-9-21(38)10-6-19/h5-12,18,23-26,38-39H,3-4,13-17,32H2,1-2H3,(H2,33,40)(H,34,42)(H,35,43)(H,36,41). The minimum absolute atomic E-state index is 0.0385. The number of hydrogen-bond acceptors (Lipinski definition) is 8. The molecule has 0 aromatic heterocycles. The quantitative estimate of drug-likeness (QED) is 0.152. The van der Waals surface area contributed by atoms with Crippen LogP contribution in [-0.4, -0.2) is 81.9 Å². The highest BCUT2D eigenvalue weighted by atomic mass is 16.3. The third-order valence-corrected chi connectivity index (χ3v) is 7.33. The van der Waals surface area contributed by atoms with Gasteiger partial charge in [-0.15, -0.1) is 0 Å². The monoisotopic (exact) mass is 610 g/mol. The van der Waals surface area contributed by atoms with E-state index in [2.05, 4.69) is 16.0 Å². The van der Waals surface area contributed by atoms with Gasteiger partial charge in [0, 0.05) is 13.0 Å². The number of phenolic OH excluding ortho intramolecular Hbond substituents is 2. The molecule has 2 aromatic carbocycles. The van der Waals surface area contributed by atoms with E-state index in [1.165, 1.54) is 29.2 Å². The maximum Gasteiger partial charge on any atom is 0.246 e. The van der Waals surface area contributed by atoms with E-state index in [1.807, 2.05) is 13.8 Å². The lowest BCUT2D eigenvalue weighted by atomic mass is 10.0. The molecule has 44 heavy (non-hydrogen) atoms. The van der Waals surface area contributed by atoms with E-state index in [1.54, 1.807) is 24.3 Å². The number of phenols is 2. The summed E-state index contributed by atoms with van der Waals surface area (Å²) in [5, 5.41) is 27.1. The van der Waals surface area contributed by atoms with Crippen molar-refractivity contribution in [2.75, 3.05) is 13.1 Å². The Morgan fingerprint density at radius 3 is 1.98 bits per heavy atom. The molecule has 1 saturated heterocycles. The molecule has 1 aliphatic rings. The Hall–Kier alpha value is -4.65. The number of nitrogens with two attached hydrogens (primary N) is 2. The predicted octanol–water partition coefficient (Wildman–Crippen LogP) is -0.181. The second kappa shape index (κ2) is 15.7. The van der Waals surface area contributed by atoms with Gasteiger partial charge in [-0.2, -0.15) is 0 Å².